The quantitative estimate of drug-likeness (QED) is 0.788. The number of nitrogens with one attached hydrogen (secondary N) is 1. The number of phenolic OH excluding ortho intramolecular Hbond substituents is 1. The second kappa shape index (κ2) is 4.66. The van der Waals surface area contributed by atoms with Gasteiger partial charge in [-0.25, -0.2) is 0 Å². The van der Waals surface area contributed by atoms with Crippen molar-refractivity contribution in [1.29, 1.82) is 0 Å². The molecule has 2 nitrogen and oxygen atoms in total. The molecule has 21 heavy (non-hydrogen) atoms. The summed E-state index contributed by atoms with van der Waals surface area (Å²) in [6.07, 6.45) is 8.82. The van der Waals surface area contributed by atoms with Crippen molar-refractivity contribution in [3.8, 4) is 5.75 Å². The highest BCUT2D eigenvalue weighted by atomic mass is 16.3. The normalized spacial score (nSPS) is 38.5. The lowest BCUT2D eigenvalue weighted by Crippen LogP contribution is -2.52. The van der Waals surface area contributed by atoms with E-state index in [4.69, 9.17) is 0 Å². The van der Waals surface area contributed by atoms with Crippen LogP contribution in [0.1, 0.15) is 51.0 Å². The minimum absolute atomic E-state index is 0.362. The van der Waals surface area contributed by atoms with E-state index in [1.807, 2.05) is 12.1 Å². The molecule has 4 saturated carbocycles. The molecule has 114 valence electrons. The van der Waals surface area contributed by atoms with Gasteiger partial charge in [-0.1, -0.05) is 0 Å². The van der Waals surface area contributed by atoms with Crippen molar-refractivity contribution in [1.82, 2.24) is 0 Å². The smallest absolute Gasteiger partial charge is 0.115 e. The van der Waals surface area contributed by atoms with E-state index in [2.05, 4.69) is 19.2 Å². The molecule has 0 spiro atoms. The molecule has 1 unspecified atom stereocenters. The van der Waals surface area contributed by atoms with E-state index in [9.17, 15) is 5.11 Å². The van der Waals surface area contributed by atoms with E-state index in [-0.39, 0.29) is 0 Å². The average molecular weight is 285 g/mol. The number of rotatable bonds is 3. The zero-order chi connectivity index (χ0) is 14.6. The minimum atomic E-state index is 0.362. The summed E-state index contributed by atoms with van der Waals surface area (Å²) in [5, 5.41) is 13.4. The Morgan fingerprint density at radius 3 is 2.19 bits per heavy atom. The molecule has 1 atom stereocenters. The van der Waals surface area contributed by atoms with Gasteiger partial charge in [0.1, 0.15) is 5.75 Å². The highest BCUT2D eigenvalue weighted by Gasteiger charge is 2.53. The standard InChI is InChI=1S/C19H27NO/c1-12-5-17(21)3-4-18(12)20-13(2)19-9-14-6-15(10-19)8-16(7-14)11-19/h3-5,13-16,20-21H,6-11H2,1-2H3. The fourth-order valence-electron chi connectivity index (χ4n) is 5.90. The zero-order valence-electron chi connectivity index (χ0n) is 13.2. The maximum Gasteiger partial charge on any atom is 0.115 e. The van der Waals surface area contributed by atoms with Crippen LogP contribution in [0.25, 0.3) is 0 Å². The lowest BCUT2D eigenvalue weighted by molar-refractivity contribution is -0.0602. The summed E-state index contributed by atoms with van der Waals surface area (Å²) in [4.78, 5) is 0. The Bertz CT molecular complexity index is 515. The van der Waals surface area contributed by atoms with Crippen molar-refractivity contribution in [2.45, 2.75) is 58.4 Å². The van der Waals surface area contributed by atoms with Crippen LogP contribution in [0.3, 0.4) is 0 Å². The number of benzene rings is 1. The number of aromatic hydroxyl groups is 1. The Balaban J connectivity index is 1.56. The third-order valence-electron chi connectivity index (χ3n) is 6.59. The van der Waals surface area contributed by atoms with Crippen molar-refractivity contribution in [3.05, 3.63) is 23.8 Å². The van der Waals surface area contributed by atoms with Gasteiger partial charge in [0, 0.05) is 11.7 Å². The molecule has 4 fully saturated rings. The predicted molar refractivity (Wildman–Crippen MR) is 86.5 cm³/mol. The van der Waals surface area contributed by atoms with E-state index in [1.165, 1.54) is 44.2 Å². The molecule has 1 aromatic carbocycles. The fourth-order valence-corrected chi connectivity index (χ4v) is 5.90. The van der Waals surface area contributed by atoms with Gasteiger partial charge in [-0.2, -0.15) is 0 Å². The zero-order valence-corrected chi connectivity index (χ0v) is 13.2. The molecule has 0 radical (unpaired) electrons. The SMILES string of the molecule is Cc1cc(O)ccc1NC(C)C12CC3CC(CC(C3)C1)C2. The molecule has 5 rings (SSSR count). The fraction of sp³-hybridized carbons (Fsp3) is 0.684. The molecule has 4 aliphatic carbocycles. The lowest BCUT2D eigenvalue weighted by atomic mass is 9.48. The predicted octanol–water partition coefficient (Wildman–Crippen LogP) is 4.72. The summed E-state index contributed by atoms with van der Waals surface area (Å²) >= 11 is 0. The van der Waals surface area contributed by atoms with Gasteiger partial charge in [0.15, 0.2) is 0 Å². The number of hydrogen-bond donors (Lipinski definition) is 2. The van der Waals surface area contributed by atoms with Gasteiger partial charge in [-0.05, 0) is 99.3 Å². The van der Waals surface area contributed by atoms with Gasteiger partial charge < -0.3 is 10.4 Å². The van der Waals surface area contributed by atoms with Gasteiger partial charge in [-0.3, -0.25) is 0 Å². The first-order chi connectivity index (χ1) is 10.0. The van der Waals surface area contributed by atoms with Crippen LogP contribution in [0.15, 0.2) is 18.2 Å². The summed E-state index contributed by atoms with van der Waals surface area (Å²) in [5.41, 5.74) is 2.86. The van der Waals surface area contributed by atoms with Crippen LogP contribution in [-0.4, -0.2) is 11.1 Å². The Hall–Kier alpha value is -1.18. The van der Waals surface area contributed by atoms with E-state index in [0.717, 1.165) is 23.3 Å². The van der Waals surface area contributed by atoms with Crippen LogP contribution >= 0.6 is 0 Å². The summed E-state index contributed by atoms with van der Waals surface area (Å²) in [7, 11) is 0. The molecule has 0 aromatic heterocycles. The van der Waals surface area contributed by atoms with Crippen LogP contribution in [0.2, 0.25) is 0 Å². The Morgan fingerprint density at radius 2 is 1.67 bits per heavy atom. The van der Waals surface area contributed by atoms with Crippen LogP contribution in [-0.2, 0) is 0 Å². The second-order valence-corrected chi connectivity index (χ2v) is 8.15. The van der Waals surface area contributed by atoms with Crippen molar-refractivity contribution in [2.75, 3.05) is 5.32 Å². The Kier molecular flexibility index (Phi) is 2.99. The number of anilines is 1. The van der Waals surface area contributed by atoms with E-state index >= 15 is 0 Å². The molecule has 2 heteroatoms. The van der Waals surface area contributed by atoms with E-state index in [1.54, 1.807) is 6.07 Å². The minimum Gasteiger partial charge on any atom is -0.508 e. The summed E-state index contributed by atoms with van der Waals surface area (Å²) in [6.45, 7) is 4.47. The van der Waals surface area contributed by atoms with Crippen LogP contribution in [0, 0.1) is 30.1 Å². The number of hydrogen-bond acceptors (Lipinski definition) is 2. The second-order valence-electron chi connectivity index (χ2n) is 8.15. The van der Waals surface area contributed by atoms with Crippen molar-refractivity contribution < 1.29 is 5.11 Å². The van der Waals surface area contributed by atoms with Crippen LogP contribution in [0.5, 0.6) is 5.75 Å². The molecule has 0 saturated heterocycles. The molecule has 0 aliphatic heterocycles. The molecule has 2 N–H and O–H groups in total. The summed E-state index contributed by atoms with van der Waals surface area (Å²) in [6, 6.07) is 6.21. The highest BCUT2D eigenvalue weighted by molar-refractivity contribution is 5.54. The van der Waals surface area contributed by atoms with Gasteiger partial charge in [0.05, 0.1) is 0 Å². The first-order valence-corrected chi connectivity index (χ1v) is 8.60. The van der Waals surface area contributed by atoms with E-state index in [0.29, 0.717) is 17.2 Å². The van der Waals surface area contributed by atoms with Crippen molar-refractivity contribution in [3.63, 3.8) is 0 Å². The summed E-state index contributed by atoms with van der Waals surface area (Å²) in [5.74, 6) is 3.37. The van der Waals surface area contributed by atoms with Gasteiger partial charge in [-0.15, -0.1) is 0 Å². The van der Waals surface area contributed by atoms with E-state index < -0.39 is 0 Å². The lowest BCUT2D eigenvalue weighted by Gasteiger charge is -2.59. The molecule has 4 aliphatic rings. The topological polar surface area (TPSA) is 32.3 Å². The largest absolute Gasteiger partial charge is 0.508 e. The number of aryl methyl sites for hydroxylation is 1. The molecular weight excluding hydrogens is 258 g/mol. The summed E-state index contributed by atoms with van der Waals surface area (Å²) < 4.78 is 0. The maximum atomic E-state index is 9.57. The third-order valence-corrected chi connectivity index (χ3v) is 6.59. The highest BCUT2D eigenvalue weighted by Crippen LogP contribution is 2.61. The monoisotopic (exact) mass is 285 g/mol. The first kappa shape index (κ1) is 13.5. The molecule has 0 amide bonds. The first-order valence-electron chi connectivity index (χ1n) is 8.60. The van der Waals surface area contributed by atoms with Crippen LogP contribution < -0.4 is 5.32 Å². The maximum absolute atomic E-state index is 9.57. The van der Waals surface area contributed by atoms with Gasteiger partial charge >= 0.3 is 0 Å². The number of phenols is 1. The van der Waals surface area contributed by atoms with Gasteiger partial charge in [0.2, 0.25) is 0 Å². The van der Waals surface area contributed by atoms with Crippen molar-refractivity contribution >= 4 is 5.69 Å². The molecular formula is C19H27NO. The Labute approximate surface area is 128 Å². The van der Waals surface area contributed by atoms with Crippen LogP contribution in [0.4, 0.5) is 5.69 Å². The molecule has 4 bridgehead atoms. The average Bonchev–Trinajstić information content (AvgIpc) is 2.40. The van der Waals surface area contributed by atoms with Crippen molar-refractivity contribution in [2.24, 2.45) is 23.2 Å². The Morgan fingerprint density at radius 1 is 1.10 bits per heavy atom. The van der Waals surface area contributed by atoms with Gasteiger partial charge in [0.25, 0.3) is 0 Å². The third kappa shape index (κ3) is 2.23. The molecule has 1 aromatic rings. The molecule has 0 heterocycles.